The highest BCUT2D eigenvalue weighted by atomic mass is 79.9. The Morgan fingerprint density at radius 1 is 1.41 bits per heavy atom. The largest absolute Gasteiger partial charge is 0.449 e. The van der Waals surface area contributed by atoms with E-state index in [0.29, 0.717) is 16.7 Å². The van der Waals surface area contributed by atoms with Crippen LogP contribution < -0.4 is 16.4 Å². The van der Waals surface area contributed by atoms with Gasteiger partial charge in [0, 0.05) is 9.86 Å². The maximum Gasteiger partial charge on any atom is 0.286 e. The number of anilines is 1. The molecule has 22 heavy (non-hydrogen) atoms. The van der Waals surface area contributed by atoms with E-state index in [0.717, 1.165) is 23.9 Å². The molecule has 0 radical (unpaired) electrons. The number of nitrogens with two attached hydrogens (primary N) is 1. The van der Waals surface area contributed by atoms with E-state index in [4.69, 9.17) is 10.2 Å². The number of hydrogen-bond acceptors (Lipinski definition) is 4. The Bertz CT molecular complexity index is 725. The van der Waals surface area contributed by atoms with Crippen LogP contribution in [0, 0.1) is 0 Å². The molecule has 8 heteroatoms. The summed E-state index contributed by atoms with van der Waals surface area (Å²) in [6.45, 7) is 0.818. The van der Waals surface area contributed by atoms with Gasteiger partial charge in [-0.1, -0.05) is 15.9 Å². The highest BCUT2D eigenvalue weighted by Gasteiger charge is 2.26. The molecular formula is C14H15BrClN3O3. The van der Waals surface area contributed by atoms with E-state index in [1.807, 2.05) is 0 Å². The van der Waals surface area contributed by atoms with Crippen molar-refractivity contribution in [1.82, 2.24) is 5.32 Å². The van der Waals surface area contributed by atoms with Gasteiger partial charge in [0.2, 0.25) is 11.7 Å². The molecule has 3 rings (SSSR count). The summed E-state index contributed by atoms with van der Waals surface area (Å²) in [7, 11) is 0. The fraction of sp³-hybridized carbons (Fsp3) is 0.286. The average Bonchev–Trinajstić information content (AvgIpc) is 3.07. The smallest absolute Gasteiger partial charge is 0.286 e. The summed E-state index contributed by atoms with van der Waals surface area (Å²) in [5, 5.41) is 6.52. The Labute approximate surface area is 141 Å². The number of rotatable bonds is 3. The molecule has 2 aromatic rings. The Morgan fingerprint density at radius 3 is 2.82 bits per heavy atom. The highest BCUT2D eigenvalue weighted by molar-refractivity contribution is 9.10. The number of benzene rings is 1. The fourth-order valence-electron chi connectivity index (χ4n) is 2.49. The third kappa shape index (κ3) is 3.11. The second-order valence-electron chi connectivity index (χ2n) is 4.95. The third-order valence-corrected chi connectivity index (χ3v) is 3.99. The number of primary amides is 1. The molecule has 1 aliphatic rings. The number of carbonyl (C=O) groups is 2. The standard InChI is InChI=1S/C14H14BrN3O3.ClH/c15-7-3-4-10-8(6-7)11(12(21-10)13(16)19)18-14(20)9-2-1-5-17-9;/h3-4,6,9,17H,1-2,5H2,(H2,16,19)(H,18,20);1H/t9-;/m0./s1. The van der Waals surface area contributed by atoms with E-state index in [9.17, 15) is 9.59 Å². The highest BCUT2D eigenvalue weighted by Crippen LogP contribution is 2.33. The Kier molecular flexibility index (Phi) is 5.10. The maximum atomic E-state index is 12.2. The number of carbonyl (C=O) groups excluding carboxylic acids is 2. The van der Waals surface area contributed by atoms with Crippen molar-refractivity contribution in [3.63, 3.8) is 0 Å². The first-order chi connectivity index (χ1) is 10.1. The van der Waals surface area contributed by atoms with Gasteiger partial charge in [-0.2, -0.15) is 0 Å². The van der Waals surface area contributed by atoms with Crippen LogP contribution in [0.1, 0.15) is 23.4 Å². The van der Waals surface area contributed by atoms with Crippen molar-refractivity contribution in [2.75, 3.05) is 11.9 Å². The summed E-state index contributed by atoms with van der Waals surface area (Å²) in [6, 6.07) is 5.04. The van der Waals surface area contributed by atoms with Crippen molar-refractivity contribution in [3.05, 3.63) is 28.4 Å². The summed E-state index contributed by atoms with van der Waals surface area (Å²) in [6.07, 6.45) is 1.73. The van der Waals surface area contributed by atoms with Crippen LogP contribution in [-0.2, 0) is 4.79 Å². The van der Waals surface area contributed by atoms with Crippen molar-refractivity contribution in [2.45, 2.75) is 18.9 Å². The number of furan rings is 1. The molecule has 1 atom stereocenters. The van der Waals surface area contributed by atoms with Gasteiger partial charge >= 0.3 is 0 Å². The van der Waals surface area contributed by atoms with E-state index in [-0.39, 0.29) is 30.1 Å². The molecule has 1 aromatic carbocycles. The molecule has 2 amide bonds. The Morgan fingerprint density at radius 2 is 2.18 bits per heavy atom. The molecule has 0 unspecified atom stereocenters. The first-order valence-electron chi connectivity index (χ1n) is 6.62. The first-order valence-corrected chi connectivity index (χ1v) is 7.41. The molecule has 1 aromatic heterocycles. The SMILES string of the molecule is Cl.NC(=O)c1oc2ccc(Br)cc2c1NC(=O)[C@@H]1CCCN1. The molecule has 0 spiro atoms. The number of nitrogens with one attached hydrogen (secondary N) is 2. The lowest BCUT2D eigenvalue weighted by atomic mass is 10.2. The summed E-state index contributed by atoms with van der Waals surface area (Å²) >= 11 is 3.36. The first kappa shape index (κ1) is 16.8. The van der Waals surface area contributed by atoms with Crippen molar-refractivity contribution in [2.24, 2.45) is 5.73 Å². The van der Waals surface area contributed by atoms with Crippen molar-refractivity contribution < 1.29 is 14.0 Å². The van der Waals surface area contributed by atoms with Gasteiger partial charge in [0.1, 0.15) is 11.3 Å². The minimum Gasteiger partial charge on any atom is -0.449 e. The molecule has 2 heterocycles. The van der Waals surface area contributed by atoms with Crippen molar-refractivity contribution in [3.8, 4) is 0 Å². The van der Waals surface area contributed by atoms with Crippen LogP contribution in [0.25, 0.3) is 11.0 Å². The lowest BCUT2D eigenvalue weighted by Gasteiger charge is -2.10. The molecule has 0 bridgehead atoms. The van der Waals surface area contributed by atoms with Crippen molar-refractivity contribution >= 4 is 56.8 Å². The van der Waals surface area contributed by atoms with Gasteiger partial charge in [-0.3, -0.25) is 9.59 Å². The van der Waals surface area contributed by atoms with Gasteiger partial charge in [0.25, 0.3) is 5.91 Å². The van der Waals surface area contributed by atoms with Crippen LogP contribution in [0.3, 0.4) is 0 Å². The minimum absolute atomic E-state index is 0. The molecule has 6 nitrogen and oxygen atoms in total. The van der Waals surface area contributed by atoms with Crippen LogP contribution in [0.15, 0.2) is 27.1 Å². The van der Waals surface area contributed by atoms with E-state index >= 15 is 0 Å². The van der Waals surface area contributed by atoms with Crippen LogP contribution in [0.5, 0.6) is 0 Å². The zero-order valence-corrected chi connectivity index (χ0v) is 13.9. The topological polar surface area (TPSA) is 97.4 Å². The molecule has 4 N–H and O–H groups in total. The van der Waals surface area contributed by atoms with Gasteiger partial charge in [-0.15, -0.1) is 12.4 Å². The summed E-state index contributed by atoms with van der Waals surface area (Å²) in [4.78, 5) is 23.8. The Hall–Kier alpha value is -1.57. The summed E-state index contributed by atoms with van der Waals surface area (Å²) in [5.41, 5.74) is 6.17. The van der Waals surface area contributed by atoms with E-state index in [2.05, 4.69) is 26.6 Å². The van der Waals surface area contributed by atoms with E-state index in [1.165, 1.54) is 0 Å². The molecule has 0 aliphatic carbocycles. The van der Waals surface area contributed by atoms with Crippen LogP contribution in [-0.4, -0.2) is 24.4 Å². The summed E-state index contributed by atoms with van der Waals surface area (Å²) < 4.78 is 6.27. The molecule has 1 aliphatic heterocycles. The summed E-state index contributed by atoms with van der Waals surface area (Å²) in [5.74, 6) is -0.927. The van der Waals surface area contributed by atoms with Gasteiger partial charge in [0.05, 0.1) is 6.04 Å². The number of fused-ring (bicyclic) bond motifs is 1. The predicted molar refractivity (Wildman–Crippen MR) is 89.3 cm³/mol. The predicted octanol–water partition coefficient (Wildman–Crippen LogP) is 2.41. The molecule has 118 valence electrons. The number of amides is 2. The van der Waals surface area contributed by atoms with Crippen molar-refractivity contribution in [1.29, 1.82) is 0 Å². The van der Waals surface area contributed by atoms with Gasteiger partial charge in [-0.25, -0.2) is 0 Å². The van der Waals surface area contributed by atoms with Crippen LogP contribution in [0.4, 0.5) is 5.69 Å². The van der Waals surface area contributed by atoms with Crippen LogP contribution >= 0.6 is 28.3 Å². The normalized spacial score (nSPS) is 17.2. The zero-order chi connectivity index (χ0) is 15.0. The molecule has 1 fully saturated rings. The number of halogens is 2. The minimum atomic E-state index is -0.711. The van der Waals surface area contributed by atoms with Crippen LogP contribution in [0.2, 0.25) is 0 Å². The molecule has 0 saturated carbocycles. The quantitative estimate of drug-likeness (QED) is 0.752. The van der Waals surface area contributed by atoms with E-state index in [1.54, 1.807) is 18.2 Å². The molecule has 1 saturated heterocycles. The Balaban J connectivity index is 0.00000176. The van der Waals surface area contributed by atoms with Gasteiger partial charge in [-0.05, 0) is 37.6 Å². The second kappa shape index (κ2) is 6.68. The van der Waals surface area contributed by atoms with Gasteiger partial charge in [0.15, 0.2) is 0 Å². The lowest BCUT2D eigenvalue weighted by Crippen LogP contribution is -2.35. The van der Waals surface area contributed by atoms with Gasteiger partial charge < -0.3 is 20.8 Å². The maximum absolute atomic E-state index is 12.2. The third-order valence-electron chi connectivity index (χ3n) is 3.50. The monoisotopic (exact) mass is 387 g/mol. The second-order valence-corrected chi connectivity index (χ2v) is 5.86. The van der Waals surface area contributed by atoms with E-state index < -0.39 is 5.91 Å². The number of hydrogen-bond donors (Lipinski definition) is 3. The lowest BCUT2D eigenvalue weighted by molar-refractivity contribution is -0.117. The fourth-order valence-corrected chi connectivity index (χ4v) is 2.85. The average molecular weight is 389 g/mol. The zero-order valence-electron chi connectivity index (χ0n) is 11.5. The molecular weight excluding hydrogens is 374 g/mol.